The first-order valence-corrected chi connectivity index (χ1v) is 5.54. The summed E-state index contributed by atoms with van der Waals surface area (Å²) in [6.07, 6.45) is 0. The van der Waals surface area contributed by atoms with Crippen LogP contribution in [-0.4, -0.2) is 16.1 Å². The van der Waals surface area contributed by atoms with Crippen LogP contribution < -0.4 is 0 Å². The minimum absolute atomic E-state index is 0.0592. The highest BCUT2D eigenvalue weighted by Crippen LogP contribution is 2.26. The number of nitrogens with zero attached hydrogens (tertiary/aromatic N) is 1. The van der Waals surface area contributed by atoms with Crippen LogP contribution in [0.2, 0.25) is 0 Å². The molecule has 19 heavy (non-hydrogen) atoms. The molecule has 0 amide bonds. The fourth-order valence-electron chi connectivity index (χ4n) is 1.87. The molecule has 0 aliphatic carbocycles. The van der Waals surface area contributed by atoms with Gasteiger partial charge in [-0.3, -0.25) is 0 Å². The summed E-state index contributed by atoms with van der Waals surface area (Å²) in [5, 5.41) is 9.07. The summed E-state index contributed by atoms with van der Waals surface area (Å²) < 4.78 is 18.6. The van der Waals surface area contributed by atoms with Crippen LogP contribution in [0.5, 0.6) is 0 Å². The van der Waals surface area contributed by atoms with Crippen molar-refractivity contribution in [3.63, 3.8) is 0 Å². The first-order chi connectivity index (χ1) is 9.15. The number of hydrogen-bond acceptors (Lipinski definition) is 3. The number of hydrogen-bond donors (Lipinski definition) is 1. The van der Waals surface area contributed by atoms with E-state index in [2.05, 4.69) is 4.98 Å². The first kappa shape index (κ1) is 11.4. The molecule has 0 saturated carbocycles. The lowest BCUT2D eigenvalue weighted by atomic mass is 10.2. The number of oxazole rings is 1. The van der Waals surface area contributed by atoms with Gasteiger partial charge >= 0.3 is 5.97 Å². The summed E-state index contributed by atoms with van der Waals surface area (Å²) in [7, 11) is 0. The van der Waals surface area contributed by atoms with E-state index < -0.39 is 11.8 Å². The third-order valence-corrected chi connectivity index (χ3v) is 2.72. The van der Waals surface area contributed by atoms with Crippen molar-refractivity contribution in [1.29, 1.82) is 0 Å². The first-order valence-electron chi connectivity index (χ1n) is 5.54. The zero-order valence-electron chi connectivity index (χ0n) is 9.63. The topological polar surface area (TPSA) is 63.3 Å². The predicted octanol–water partition coefficient (Wildman–Crippen LogP) is 3.33. The number of fused-ring (bicyclic) bond motifs is 1. The van der Waals surface area contributed by atoms with Crippen LogP contribution in [0, 0.1) is 5.82 Å². The Morgan fingerprint density at radius 2 is 2.00 bits per heavy atom. The van der Waals surface area contributed by atoms with Crippen LogP contribution in [0.4, 0.5) is 4.39 Å². The van der Waals surface area contributed by atoms with E-state index in [9.17, 15) is 9.18 Å². The van der Waals surface area contributed by atoms with Crippen LogP contribution in [0.3, 0.4) is 0 Å². The molecule has 0 aliphatic heterocycles. The van der Waals surface area contributed by atoms with Crippen molar-refractivity contribution >= 4 is 17.1 Å². The molecule has 1 N–H and O–H groups in total. The average molecular weight is 257 g/mol. The Balaban J connectivity index is 2.22. The number of carboxylic acids is 1. The SMILES string of the molecule is O=C(O)c1cccc2oc(-c3cccc(F)c3)nc12. The molecule has 1 heterocycles. The Morgan fingerprint density at radius 1 is 1.21 bits per heavy atom. The predicted molar refractivity (Wildman–Crippen MR) is 66.4 cm³/mol. The molecule has 5 heteroatoms. The highest BCUT2D eigenvalue weighted by atomic mass is 19.1. The lowest BCUT2D eigenvalue weighted by Crippen LogP contribution is -1.96. The Bertz CT molecular complexity index is 779. The highest BCUT2D eigenvalue weighted by molar-refractivity contribution is 6.00. The Labute approximate surface area is 107 Å². The monoisotopic (exact) mass is 257 g/mol. The van der Waals surface area contributed by atoms with Gasteiger partial charge in [-0.2, -0.15) is 0 Å². The number of carboxylic acid groups (broad SMARTS) is 1. The molecule has 0 fully saturated rings. The van der Waals surface area contributed by atoms with E-state index >= 15 is 0 Å². The van der Waals surface area contributed by atoms with Crippen molar-refractivity contribution in [2.24, 2.45) is 0 Å². The van der Waals surface area contributed by atoms with Crippen LogP contribution in [0.15, 0.2) is 46.9 Å². The molecule has 3 aromatic rings. The molecule has 2 aromatic carbocycles. The summed E-state index contributed by atoms with van der Waals surface area (Å²) >= 11 is 0. The maximum atomic E-state index is 13.2. The van der Waals surface area contributed by atoms with Crippen molar-refractivity contribution in [1.82, 2.24) is 4.98 Å². The maximum Gasteiger partial charge on any atom is 0.338 e. The molecule has 0 unspecified atom stereocenters. The van der Waals surface area contributed by atoms with Crippen LogP contribution in [0.1, 0.15) is 10.4 Å². The van der Waals surface area contributed by atoms with Gasteiger partial charge in [0.2, 0.25) is 5.89 Å². The number of benzene rings is 2. The Hall–Kier alpha value is -2.69. The molecule has 94 valence electrons. The molecular formula is C14H8FNO3. The fraction of sp³-hybridized carbons (Fsp3) is 0. The van der Waals surface area contributed by atoms with E-state index in [1.807, 2.05) is 0 Å². The number of para-hydroxylation sites is 1. The third kappa shape index (κ3) is 1.95. The van der Waals surface area contributed by atoms with E-state index in [1.165, 1.54) is 24.3 Å². The van der Waals surface area contributed by atoms with Gasteiger partial charge in [0.15, 0.2) is 5.58 Å². The molecular weight excluding hydrogens is 249 g/mol. The minimum Gasteiger partial charge on any atom is -0.478 e. The Morgan fingerprint density at radius 3 is 2.74 bits per heavy atom. The van der Waals surface area contributed by atoms with Crippen molar-refractivity contribution in [3.05, 3.63) is 53.8 Å². The van der Waals surface area contributed by atoms with Crippen molar-refractivity contribution in [3.8, 4) is 11.5 Å². The lowest BCUT2D eigenvalue weighted by Gasteiger charge is -1.93. The number of halogens is 1. The summed E-state index contributed by atoms with van der Waals surface area (Å²) in [4.78, 5) is 15.2. The number of aromatic nitrogens is 1. The number of carbonyl (C=O) groups is 1. The molecule has 3 rings (SSSR count). The standard InChI is InChI=1S/C14H8FNO3/c15-9-4-1-3-8(7-9)13-16-12-10(14(17)18)5-2-6-11(12)19-13/h1-7H,(H,17,18). The van der Waals surface area contributed by atoms with Gasteiger partial charge in [0, 0.05) is 5.56 Å². The normalized spacial score (nSPS) is 10.8. The van der Waals surface area contributed by atoms with E-state index in [0.717, 1.165) is 0 Å². The second-order valence-electron chi connectivity index (χ2n) is 3.99. The average Bonchev–Trinajstić information content (AvgIpc) is 2.82. The summed E-state index contributed by atoms with van der Waals surface area (Å²) in [6, 6.07) is 10.4. The number of aromatic carboxylic acids is 1. The summed E-state index contributed by atoms with van der Waals surface area (Å²) in [5.41, 5.74) is 1.14. The molecule has 0 saturated heterocycles. The molecule has 0 bridgehead atoms. The van der Waals surface area contributed by atoms with Gasteiger partial charge in [-0.15, -0.1) is 0 Å². The smallest absolute Gasteiger partial charge is 0.338 e. The van der Waals surface area contributed by atoms with Gasteiger partial charge in [0.05, 0.1) is 5.56 Å². The fourth-order valence-corrected chi connectivity index (χ4v) is 1.87. The zero-order chi connectivity index (χ0) is 13.4. The van der Waals surface area contributed by atoms with Crippen molar-refractivity contribution < 1.29 is 18.7 Å². The number of rotatable bonds is 2. The molecule has 4 nitrogen and oxygen atoms in total. The van der Waals surface area contributed by atoms with Crippen molar-refractivity contribution in [2.45, 2.75) is 0 Å². The van der Waals surface area contributed by atoms with Crippen molar-refractivity contribution in [2.75, 3.05) is 0 Å². The zero-order valence-corrected chi connectivity index (χ0v) is 9.63. The maximum absolute atomic E-state index is 13.2. The van der Waals surface area contributed by atoms with Crippen LogP contribution >= 0.6 is 0 Å². The third-order valence-electron chi connectivity index (χ3n) is 2.72. The lowest BCUT2D eigenvalue weighted by molar-refractivity contribution is 0.0699. The molecule has 0 aliphatic rings. The minimum atomic E-state index is -1.08. The van der Waals surface area contributed by atoms with E-state index in [0.29, 0.717) is 11.1 Å². The van der Waals surface area contributed by atoms with E-state index in [-0.39, 0.29) is 17.0 Å². The van der Waals surface area contributed by atoms with Gasteiger partial charge in [-0.05, 0) is 30.3 Å². The van der Waals surface area contributed by atoms with Gasteiger partial charge in [0.25, 0.3) is 0 Å². The molecule has 0 atom stereocenters. The highest BCUT2D eigenvalue weighted by Gasteiger charge is 2.15. The van der Waals surface area contributed by atoms with Gasteiger partial charge < -0.3 is 9.52 Å². The second kappa shape index (κ2) is 4.20. The van der Waals surface area contributed by atoms with E-state index in [1.54, 1.807) is 18.2 Å². The largest absolute Gasteiger partial charge is 0.478 e. The molecule has 1 aromatic heterocycles. The Kier molecular flexibility index (Phi) is 2.52. The molecule has 0 radical (unpaired) electrons. The van der Waals surface area contributed by atoms with Gasteiger partial charge in [0.1, 0.15) is 11.3 Å². The molecule has 0 spiro atoms. The summed E-state index contributed by atoms with van der Waals surface area (Å²) in [5.74, 6) is -1.29. The van der Waals surface area contributed by atoms with Gasteiger partial charge in [-0.1, -0.05) is 12.1 Å². The van der Waals surface area contributed by atoms with Crippen LogP contribution in [0.25, 0.3) is 22.6 Å². The van der Waals surface area contributed by atoms with E-state index in [4.69, 9.17) is 9.52 Å². The van der Waals surface area contributed by atoms with Crippen LogP contribution in [-0.2, 0) is 0 Å². The summed E-state index contributed by atoms with van der Waals surface area (Å²) in [6.45, 7) is 0. The second-order valence-corrected chi connectivity index (χ2v) is 3.99. The quantitative estimate of drug-likeness (QED) is 0.764. The van der Waals surface area contributed by atoms with Gasteiger partial charge in [-0.25, -0.2) is 14.2 Å².